The van der Waals surface area contributed by atoms with Gasteiger partial charge < -0.3 is 19.9 Å². The first-order valence-electron chi connectivity index (χ1n) is 9.94. The van der Waals surface area contributed by atoms with Crippen molar-refractivity contribution in [1.82, 2.24) is 5.32 Å². The van der Waals surface area contributed by atoms with Crippen molar-refractivity contribution in [2.45, 2.75) is 11.3 Å². The van der Waals surface area contributed by atoms with Gasteiger partial charge in [0, 0.05) is 17.6 Å². The van der Waals surface area contributed by atoms with Crippen LogP contribution in [0.2, 0.25) is 10.0 Å². The summed E-state index contributed by atoms with van der Waals surface area (Å²) in [5.41, 5.74) is 0.604. The molecule has 1 amide bonds. The van der Waals surface area contributed by atoms with Crippen LogP contribution in [0.3, 0.4) is 0 Å². The summed E-state index contributed by atoms with van der Waals surface area (Å²) in [6.07, 6.45) is -0.218. The van der Waals surface area contributed by atoms with Crippen molar-refractivity contribution in [2.24, 2.45) is 0 Å². The predicted molar refractivity (Wildman–Crippen MR) is 132 cm³/mol. The highest BCUT2D eigenvalue weighted by molar-refractivity contribution is 7.92. The Morgan fingerprint density at radius 2 is 1.69 bits per heavy atom. The number of nitrogens with one attached hydrogen (secondary N) is 2. The standard InChI is InChI=1S/C23H20Cl2N2O7S/c1-26-23(30)14-4-7-18(34-19-6-3-13(10-22(28)29)9-20(19)33-2)17(11-14)27-35(31,32)21-8-5-15(24)12-16(21)25/h3-9,11-12,27H,10H2,1-2H3,(H,26,30)(H,28,29). The first-order valence-corrected chi connectivity index (χ1v) is 12.2. The van der Waals surface area contributed by atoms with Gasteiger partial charge in [0.2, 0.25) is 0 Å². The molecule has 35 heavy (non-hydrogen) atoms. The number of hydrogen-bond acceptors (Lipinski definition) is 6. The number of amides is 1. The van der Waals surface area contributed by atoms with Gasteiger partial charge in [-0.2, -0.15) is 0 Å². The normalized spacial score (nSPS) is 11.0. The molecule has 0 aliphatic rings. The van der Waals surface area contributed by atoms with Crippen molar-refractivity contribution in [1.29, 1.82) is 0 Å². The lowest BCUT2D eigenvalue weighted by atomic mass is 10.1. The van der Waals surface area contributed by atoms with Crippen LogP contribution in [0.15, 0.2) is 59.5 Å². The minimum atomic E-state index is -4.21. The first-order chi connectivity index (χ1) is 16.5. The third-order valence-electron chi connectivity index (χ3n) is 4.70. The zero-order valence-corrected chi connectivity index (χ0v) is 20.8. The first kappa shape index (κ1) is 26.1. The molecule has 0 bridgehead atoms. The van der Waals surface area contributed by atoms with Gasteiger partial charge in [0.1, 0.15) is 4.90 Å². The van der Waals surface area contributed by atoms with Crippen LogP contribution in [0.1, 0.15) is 15.9 Å². The summed E-state index contributed by atoms with van der Waals surface area (Å²) in [6.45, 7) is 0. The van der Waals surface area contributed by atoms with Gasteiger partial charge >= 0.3 is 5.97 Å². The minimum absolute atomic E-state index is 0.0474. The molecule has 0 aliphatic heterocycles. The highest BCUT2D eigenvalue weighted by Gasteiger charge is 2.22. The van der Waals surface area contributed by atoms with Crippen molar-refractivity contribution in [3.63, 3.8) is 0 Å². The summed E-state index contributed by atoms with van der Waals surface area (Å²) < 4.78 is 39.8. The Morgan fingerprint density at radius 1 is 0.971 bits per heavy atom. The molecule has 3 aromatic rings. The molecular weight excluding hydrogens is 519 g/mol. The molecule has 0 aliphatic carbocycles. The number of ether oxygens (including phenoxy) is 2. The molecular formula is C23H20Cl2N2O7S. The molecule has 0 saturated carbocycles. The second kappa shape index (κ2) is 10.9. The lowest BCUT2D eigenvalue weighted by Gasteiger charge is -2.17. The topological polar surface area (TPSA) is 131 Å². The molecule has 184 valence electrons. The lowest BCUT2D eigenvalue weighted by Crippen LogP contribution is -2.19. The quantitative estimate of drug-likeness (QED) is 0.363. The van der Waals surface area contributed by atoms with Gasteiger partial charge in [-0.15, -0.1) is 0 Å². The van der Waals surface area contributed by atoms with Crippen LogP contribution < -0.4 is 19.5 Å². The van der Waals surface area contributed by atoms with E-state index in [1.807, 2.05) is 0 Å². The number of anilines is 1. The maximum absolute atomic E-state index is 13.1. The molecule has 0 atom stereocenters. The molecule has 3 N–H and O–H groups in total. The second-order valence-electron chi connectivity index (χ2n) is 7.13. The number of halogens is 2. The minimum Gasteiger partial charge on any atom is -0.493 e. The third kappa shape index (κ3) is 6.36. The Balaban J connectivity index is 2.04. The van der Waals surface area contributed by atoms with Crippen LogP contribution in [0.25, 0.3) is 0 Å². The third-order valence-corrected chi connectivity index (χ3v) is 6.78. The Hall–Kier alpha value is -3.47. The van der Waals surface area contributed by atoms with Crippen molar-refractivity contribution in [2.75, 3.05) is 18.9 Å². The average Bonchev–Trinajstić information content (AvgIpc) is 2.79. The van der Waals surface area contributed by atoms with Crippen molar-refractivity contribution in [3.05, 3.63) is 75.8 Å². The van der Waals surface area contributed by atoms with E-state index >= 15 is 0 Å². The summed E-state index contributed by atoms with van der Waals surface area (Å²) >= 11 is 12.0. The number of hydrogen-bond donors (Lipinski definition) is 3. The van der Waals surface area contributed by atoms with Gasteiger partial charge in [0.15, 0.2) is 17.2 Å². The Labute approximate surface area is 211 Å². The highest BCUT2D eigenvalue weighted by Crippen LogP contribution is 2.38. The number of benzene rings is 3. The number of carboxylic acids is 1. The Morgan fingerprint density at radius 3 is 2.31 bits per heavy atom. The lowest BCUT2D eigenvalue weighted by molar-refractivity contribution is -0.136. The fourth-order valence-corrected chi connectivity index (χ4v) is 4.91. The van der Waals surface area contributed by atoms with Crippen molar-refractivity contribution in [3.8, 4) is 17.2 Å². The number of carbonyl (C=O) groups excluding carboxylic acids is 1. The van der Waals surface area contributed by atoms with Crippen LogP contribution in [0, 0.1) is 0 Å². The fourth-order valence-electron chi connectivity index (χ4n) is 3.08. The van der Waals surface area contributed by atoms with Gasteiger partial charge in [-0.25, -0.2) is 8.42 Å². The largest absolute Gasteiger partial charge is 0.493 e. The number of sulfonamides is 1. The van der Waals surface area contributed by atoms with Gasteiger partial charge in [0.05, 0.1) is 24.2 Å². The summed E-state index contributed by atoms with van der Waals surface area (Å²) in [5.74, 6) is -0.983. The van der Waals surface area contributed by atoms with Crippen molar-refractivity contribution >= 4 is 50.8 Å². The maximum atomic E-state index is 13.1. The number of methoxy groups -OCH3 is 1. The van der Waals surface area contributed by atoms with Crippen LogP contribution in [0.4, 0.5) is 5.69 Å². The fraction of sp³-hybridized carbons (Fsp3) is 0.130. The number of carboxylic acid groups (broad SMARTS) is 1. The van der Waals surface area contributed by atoms with Gasteiger partial charge in [-0.1, -0.05) is 29.3 Å². The van der Waals surface area contributed by atoms with Crippen LogP contribution in [0.5, 0.6) is 17.2 Å². The number of rotatable bonds is 9. The van der Waals surface area contributed by atoms with E-state index in [4.69, 9.17) is 37.8 Å². The number of carbonyl (C=O) groups is 2. The van der Waals surface area contributed by atoms with E-state index in [2.05, 4.69) is 10.0 Å². The molecule has 0 fully saturated rings. The zero-order valence-electron chi connectivity index (χ0n) is 18.5. The molecule has 0 radical (unpaired) electrons. The van der Waals surface area contributed by atoms with E-state index in [-0.39, 0.29) is 49.9 Å². The molecule has 0 aromatic heterocycles. The van der Waals surface area contributed by atoms with E-state index < -0.39 is 21.9 Å². The van der Waals surface area contributed by atoms with E-state index in [0.717, 1.165) is 0 Å². The molecule has 9 nitrogen and oxygen atoms in total. The van der Waals surface area contributed by atoms with Crippen LogP contribution in [-0.4, -0.2) is 39.6 Å². The molecule has 0 spiro atoms. The van der Waals surface area contributed by atoms with Crippen LogP contribution >= 0.6 is 23.2 Å². The summed E-state index contributed by atoms with van der Waals surface area (Å²) in [4.78, 5) is 22.9. The summed E-state index contributed by atoms with van der Waals surface area (Å²) in [5, 5.41) is 11.6. The molecule has 3 rings (SSSR count). The summed E-state index contributed by atoms with van der Waals surface area (Å²) in [7, 11) is -1.39. The van der Waals surface area contributed by atoms with Gasteiger partial charge in [0.25, 0.3) is 15.9 Å². The predicted octanol–water partition coefficient (Wildman–Crippen LogP) is 4.58. The Bertz CT molecular complexity index is 1390. The van der Waals surface area contributed by atoms with E-state index in [9.17, 15) is 18.0 Å². The van der Waals surface area contributed by atoms with E-state index in [0.29, 0.717) is 5.56 Å². The average molecular weight is 539 g/mol. The van der Waals surface area contributed by atoms with Gasteiger partial charge in [-0.05, 0) is 54.1 Å². The summed E-state index contributed by atoms with van der Waals surface area (Å²) in [6, 6.07) is 12.6. The van der Waals surface area contributed by atoms with E-state index in [1.165, 1.54) is 62.7 Å². The number of aliphatic carboxylic acids is 1. The van der Waals surface area contributed by atoms with Crippen molar-refractivity contribution < 1.29 is 32.6 Å². The second-order valence-corrected chi connectivity index (χ2v) is 9.62. The smallest absolute Gasteiger partial charge is 0.307 e. The SMILES string of the molecule is CNC(=O)c1ccc(Oc2ccc(CC(=O)O)cc2OC)c(NS(=O)(=O)c2ccc(Cl)cc2Cl)c1. The molecule has 12 heteroatoms. The molecule has 3 aromatic carbocycles. The highest BCUT2D eigenvalue weighted by atomic mass is 35.5. The molecule has 0 saturated heterocycles. The van der Waals surface area contributed by atoms with E-state index in [1.54, 1.807) is 6.07 Å². The molecule has 0 heterocycles. The van der Waals surface area contributed by atoms with Crippen LogP contribution in [-0.2, 0) is 21.2 Å². The Kier molecular flexibility index (Phi) is 8.11. The molecule has 0 unspecified atom stereocenters. The zero-order chi connectivity index (χ0) is 25.8. The maximum Gasteiger partial charge on any atom is 0.307 e. The van der Waals surface area contributed by atoms with Gasteiger partial charge in [-0.3, -0.25) is 14.3 Å². The monoisotopic (exact) mass is 538 g/mol.